The van der Waals surface area contributed by atoms with Gasteiger partial charge in [-0.05, 0) is 37.3 Å². The predicted molar refractivity (Wildman–Crippen MR) is 154 cm³/mol. The molecule has 208 valence electrons. The summed E-state index contributed by atoms with van der Waals surface area (Å²) in [5, 5.41) is 3.32. The van der Waals surface area contributed by atoms with Crippen LogP contribution in [0.25, 0.3) is 0 Å². The number of carbonyl (C=O) groups is 3. The van der Waals surface area contributed by atoms with Crippen LogP contribution in [0.1, 0.15) is 27.6 Å². The Morgan fingerprint density at radius 2 is 1.68 bits per heavy atom. The molecule has 0 aliphatic carbocycles. The Bertz CT molecular complexity index is 1450. The van der Waals surface area contributed by atoms with Crippen molar-refractivity contribution in [3.05, 3.63) is 65.9 Å². The highest BCUT2D eigenvalue weighted by Gasteiger charge is 2.28. The molecule has 0 radical (unpaired) electrons. The van der Waals surface area contributed by atoms with E-state index >= 15 is 0 Å². The van der Waals surface area contributed by atoms with E-state index in [2.05, 4.69) is 10.3 Å². The first-order valence-corrected chi connectivity index (χ1v) is 13.2. The summed E-state index contributed by atoms with van der Waals surface area (Å²) < 4.78 is 5.89. The summed E-state index contributed by atoms with van der Waals surface area (Å²) in [6.07, 6.45) is 1.67. The maximum atomic E-state index is 13.2. The SMILES string of the molecule is CCOc1cc(C(=O)N2CCN(C(=O)CN)CC2)ccc1Nc1cc2c(cn1)N(C)C(=O)c1ccccc1N2C. The van der Waals surface area contributed by atoms with Crippen molar-refractivity contribution in [1.29, 1.82) is 0 Å². The molecule has 2 aliphatic rings. The topological polar surface area (TPSA) is 124 Å². The van der Waals surface area contributed by atoms with Crippen molar-refractivity contribution in [2.24, 2.45) is 5.73 Å². The zero-order valence-electron chi connectivity index (χ0n) is 22.9. The van der Waals surface area contributed by atoms with Gasteiger partial charge in [-0.3, -0.25) is 14.4 Å². The van der Waals surface area contributed by atoms with E-state index in [-0.39, 0.29) is 24.3 Å². The Kier molecular flexibility index (Phi) is 7.56. The van der Waals surface area contributed by atoms with Gasteiger partial charge in [-0.15, -0.1) is 0 Å². The van der Waals surface area contributed by atoms with Gasteiger partial charge in [-0.25, -0.2) is 4.98 Å². The van der Waals surface area contributed by atoms with E-state index in [4.69, 9.17) is 10.5 Å². The fourth-order valence-electron chi connectivity index (χ4n) is 5.04. The summed E-state index contributed by atoms with van der Waals surface area (Å²) >= 11 is 0. The highest BCUT2D eigenvalue weighted by Crippen LogP contribution is 2.40. The average Bonchev–Trinajstić information content (AvgIpc) is 3.07. The van der Waals surface area contributed by atoms with Gasteiger partial charge >= 0.3 is 0 Å². The number of para-hydroxylation sites is 1. The van der Waals surface area contributed by atoms with Gasteiger partial charge in [0.25, 0.3) is 11.8 Å². The molecule has 0 spiro atoms. The molecule has 0 saturated carbocycles. The molecule has 11 nitrogen and oxygen atoms in total. The van der Waals surface area contributed by atoms with E-state index in [0.29, 0.717) is 66.9 Å². The molecule has 2 aliphatic heterocycles. The van der Waals surface area contributed by atoms with Gasteiger partial charge < -0.3 is 35.4 Å². The summed E-state index contributed by atoms with van der Waals surface area (Å²) in [4.78, 5) is 49.7. The number of anilines is 5. The molecule has 2 aromatic carbocycles. The van der Waals surface area contributed by atoms with Crippen LogP contribution in [0.15, 0.2) is 54.7 Å². The summed E-state index contributed by atoms with van der Waals surface area (Å²) in [5.74, 6) is 0.749. The first-order valence-electron chi connectivity index (χ1n) is 13.2. The molecule has 0 atom stereocenters. The minimum absolute atomic E-state index is 0.0302. The number of rotatable bonds is 6. The molecule has 5 rings (SSSR count). The van der Waals surface area contributed by atoms with E-state index in [1.807, 2.05) is 49.2 Å². The number of ether oxygens (including phenoxy) is 1. The van der Waals surface area contributed by atoms with E-state index in [1.165, 1.54) is 0 Å². The standard InChI is InChI=1S/C29H33N7O4/c1-4-40-25-15-19(28(38)36-13-11-35(12-14-36)27(37)17-30)9-10-21(25)32-26-16-23-24(18-31-26)34(3)29(39)20-7-5-6-8-22(20)33(23)2/h5-10,15-16,18H,4,11-14,17,30H2,1-3H3,(H,31,32). The number of amides is 3. The van der Waals surface area contributed by atoms with Crippen LogP contribution in [-0.2, 0) is 4.79 Å². The van der Waals surface area contributed by atoms with E-state index in [1.54, 1.807) is 46.1 Å². The lowest BCUT2D eigenvalue weighted by Gasteiger charge is -2.34. The average molecular weight is 544 g/mol. The summed E-state index contributed by atoms with van der Waals surface area (Å²) in [5.41, 5.74) is 9.55. The molecule has 0 bridgehead atoms. The van der Waals surface area contributed by atoms with Crippen LogP contribution in [-0.4, -0.2) is 85.9 Å². The molecule has 1 aromatic heterocycles. The molecule has 3 amide bonds. The third-order valence-corrected chi connectivity index (χ3v) is 7.27. The highest BCUT2D eigenvalue weighted by atomic mass is 16.5. The van der Waals surface area contributed by atoms with Gasteiger partial charge in [-0.1, -0.05) is 12.1 Å². The van der Waals surface area contributed by atoms with Crippen molar-refractivity contribution in [3.8, 4) is 5.75 Å². The lowest BCUT2D eigenvalue weighted by Crippen LogP contribution is -2.51. The minimum atomic E-state index is -0.122. The van der Waals surface area contributed by atoms with Crippen molar-refractivity contribution in [3.63, 3.8) is 0 Å². The summed E-state index contributed by atoms with van der Waals surface area (Å²) in [7, 11) is 3.66. The second-order valence-corrected chi connectivity index (χ2v) is 9.64. The van der Waals surface area contributed by atoms with Crippen LogP contribution in [0, 0.1) is 0 Å². The monoisotopic (exact) mass is 543 g/mol. The highest BCUT2D eigenvalue weighted by molar-refractivity contribution is 6.13. The van der Waals surface area contributed by atoms with Gasteiger partial charge in [0.15, 0.2) is 0 Å². The Morgan fingerprint density at radius 3 is 2.40 bits per heavy atom. The zero-order chi connectivity index (χ0) is 28.4. The van der Waals surface area contributed by atoms with Crippen LogP contribution >= 0.6 is 0 Å². The van der Waals surface area contributed by atoms with Gasteiger partial charge in [-0.2, -0.15) is 0 Å². The number of piperazine rings is 1. The number of pyridine rings is 1. The van der Waals surface area contributed by atoms with Crippen molar-refractivity contribution in [1.82, 2.24) is 14.8 Å². The maximum Gasteiger partial charge on any atom is 0.260 e. The first-order chi connectivity index (χ1) is 19.3. The fourth-order valence-corrected chi connectivity index (χ4v) is 5.04. The van der Waals surface area contributed by atoms with Crippen LogP contribution in [0.3, 0.4) is 0 Å². The first kappa shape index (κ1) is 26.9. The van der Waals surface area contributed by atoms with Crippen LogP contribution in [0.4, 0.5) is 28.6 Å². The molecule has 3 aromatic rings. The van der Waals surface area contributed by atoms with Crippen LogP contribution < -0.4 is 25.6 Å². The molecule has 11 heteroatoms. The third-order valence-electron chi connectivity index (χ3n) is 7.27. The molecule has 3 N–H and O–H groups in total. The third kappa shape index (κ3) is 5.03. The number of nitrogens with two attached hydrogens (primary N) is 1. The Morgan fingerprint density at radius 1 is 0.950 bits per heavy atom. The van der Waals surface area contributed by atoms with Gasteiger partial charge in [0.05, 0.1) is 47.7 Å². The van der Waals surface area contributed by atoms with Crippen molar-refractivity contribution >= 4 is 46.3 Å². The van der Waals surface area contributed by atoms with Crippen molar-refractivity contribution in [2.45, 2.75) is 6.92 Å². The Hall–Kier alpha value is -4.64. The van der Waals surface area contributed by atoms with Crippen LogP contribution in [0.2, 0.25) is 0 Å². The predicted octanol–water partition coefficient (Wildman–Crippen LogP) is 2.82. The molecule has 1 saturated heterocycles. The lowest BCUT2D eigenvalue weighted by molar-refractivity contribution is -0.131. The number of nitrogens with zero attached hydrogens (tertiary/aromatic N) is 5. The Balaban J connectivity index is 1.39. The quantitative estimate of drug-likeness (QED) is 0.487. The molecule has 3 heterocycles. The zero-order valence-corrected chi connectivity index (χ0v) is 22.9. The Labute approximate surface area is 233 Å². The fraction of sp³-hybridized carbons (Fsp3) is 0.310. The molecule has 0 unspecified atom stereocenters. The van der Waals surface area contributed by atoms with Gasteiger partial charge in [0.1, 0.15) is 11.6 Å². The second kappa shape index (κ2) is 11.2. The molecule has 40 heavy (non-hydrogen) atoms. The number of carbonyl (C=O) groups excluding carboxylic acids is 3. The molecule has 1 fully saturated rings. The smallest absolute Gasteiger partial charge is 0.260 e. The normalized spacial score (nSPS) is 14.8. The summed E-state index contributed by atoms with van der Waals surface area (Å²) in [6, 6.07) is 14.7. The molecular weight excluding hydrogens is 510 g/mol. The lowest BCUT2D eigenvalue weighted by atomic mass is 10.1. The van der Waals surface area contributed by atoms with E-state index < -0.39 is 0 Å². The number of fused-ring (bicyclic) bond motifs is 2. The van der Waals surface area contributed by atoms with E-state index in [0.717, 1.165) is 11.4 Å². The van der Waals surface area contributed by atoms with Crippen LogP contribution in [0.5, 0.6) is 5.75 Å². The van der Waals surface area contributed by atoms with Crippen molar-refractivity contribution in [2.75, 3.05) is 68.5 Å². The molecular formula is C29H33N7O4. The largest absolute Gasteiger partial charge is 0.492 e. The number of benzene rings is 2. The van der Waals surface area contributed by atoms with Crippen molar-refractivity contribution < 1.29 is 19.1 Å². The number of hydrogen-bond acceptors (Lipinski definition) is 8. The summed E-state index contributed by atoms with van der Waals surface area (Å²) in [6.45, 7) is 4.08. The van der Waals surface area contributed by atoms with Gasteiger partial charge in [0, 0.05) is 51.9 Å². The maximum absolute atomic E-state index is 13.2. The second-order valence-electron chi connectivity index (χ2n) is 9.64. The van der Waals surface area contributed by atoms with E-state index in [9.17, 15) is 14.4 Å². The minimum Gasteiger partial charge on any atom is -0.492 e. The number of hydrogen-bond donors (Lipinski definition) is 2. The number of nitrogens with one attached hydrogen (secondary N) is 1. The van der Waals surface area contributed by atoms with Gasteiger partial charge in [0.2, 0.25) is 5.91 Å². The number of aromatic nitrogens is 1.